The molecule has 0 aliphatic rings. The maximum atomic E-state index is 12.0. The van der Waals surface area contributed by atoms with Crippen LogP contribution in [-0.2, 0) is 0 Å². The summed E-state index contributed by atoms with van der Waals surface area (Å²) in [6.07, 6.45) is 0. The summed E-state index contributed by atoms with van der Waals surface area (Å²) in [6, 6.07) is 9.56. The van der Waals surface area contributed by atoms with Crippen molar-refractivity contribution in [1.82, 2.24) is 5.32 Å². The average molecular weight is 275 g/mol. The van der Waals surface area contributed by atoms with Crippen LogP contribution in [0.1, 0.15) is 33.8 Å². The summed E-state index contributed by atoms with van der Waals surface area (Å²) < 4.78 is 5.35. The summed E-state index contributed by atoms with van der Waals surface area (Å²) in [5.41, 5.74) is 2.14. The van der Waals surface area contributed by atoms with E-state index in [-0.39, 0.29) is 11.9 Å². The van der Waals surface area contributed by atoms with Gasteiger partial charge in [-0.1, -0.05) is 23.8 Å². The molecule has 19 heavy (non-hydrogen) atoms. The Morgan fingerprint density at radius 2 is 2.16 bits per heavy atom. The fourth-order valence-corrected chi connectivity index (χ4v) is 2.57. The van der Waals surface area contributed by atoms with Crippen LogP contribution in [0.3, 0.4) is 0 Å². The topological polar surface area (TPSA) is 38.3 Å². The van der Waals surface area contributed by atoms with E-state index in [1.165, 1.54) is 11.3 Å². The first kappa shape index (κ1) is 13.6. The molecule has 2 aromatic rings. The van der Waals surface area contributed by atoms with Gasteiger partial charge in [0.1, 0.15) is 5.75 Å². The fraction of sp³-hybridized carbons (Fsp3) is 0.267. The molecule has 1 aromatic heterocycles. The zero-order chi connectivity index (χ0) is 13.8. The summed E-state index contributed by atoms with van der Waals surface area (Å²) >= 11 is 1.44. The van der Waals surface area contributed by atoms with Crippen LogP contribution >= 0.6 is 11.3 Å². The van der Waals surface area contributed by atoms with Crippen LogP contribution in [0.4, 0.5) is 0 Å². The molecule has 0 spiro atoms. The van der Waals surface area contributed by atoms with E-state index in [0.717, 1.165) is 21.8 Å². The number of hydrogen-bond donors (Lipinski definition) is 1. The molecule has 1 amide bonds. The van der Waals surface area contributed by atoms with Crippen molar-refractivity contribution in [1.29, 1.82) is 0 Å². The van der Waals surface area contributed by atoms with Crippen molar-refractivity contribution >= 4 is 17.2 Å². The van der Waals surface area contributed by atoms with Gasteiger partial charge in [-0.25, -0.2) is 0 Å². The minimum atomic E-state index is -0.0931. The molecule has 0 bridgehead atoms. The first-order chi connectivity index (χ1) is 9.11. The predicted octanol–water partition coefficient (Wildman–Crippen LogP) is 3.56. The first-order valence-corrected chi connectivity index (χ1v) is 6.98. The van der Waals surface area contributed by atoms with Crippen molar-refractivity contribution in [3.8, 4) is 5.75 Å². The molecule has 1 aromatic carbocycles. The summed E-state index contributed by atoms with van der Waals surface area (Å²) in [5.74, 6) is 0.746. The van der Waals surface area contributed by atoms with Crippen molar-refractivity contribution in [2.75, 3.05) is 7.11 Å². The minimum absolute atomic E-state index is 0.0499. The lowest BCUT2D eigenvalue weighted by Gasteiger charge is -2.17. The molecule has 0 saturated heterocycles. The van der Waals surface area contributed by atoms with Crippen LogP contribution in [0, 0.1) is 6.92 Å². The number of nitrogens with one attached hydrogen (secondary N) is 1. The van der Waals surface area contributed by atoms with E-state index >= 15 is 0 Å². The molecule has 0 aliphatic carbocycles. The highest BCUT2D eigenvalue weighted by Crippen LogP contribution is 2.26. The van der Waals surface area contributed by atoms with Gasteiger partial charge in [-0.15, -0.1) is 11.3 Å². The molecule has 3 nitrogen and oxygen atoms in total. The van der Waals surface area contributed by atoms with E-state index in [4.69, 9.17) is 4.74 Å². The van der Waals surface area contributed by atoms with E-state index in [9.17, 15) is 4.79 Å². The molecule has 100 valence electrons. The number of hydrogen-bond acceptors (Lipinski definition) is 3. The molecule has 0 fully saturated rings. The highest BCUT2D eigenvalue weighted by atomic mass is 32.1. The second-order valence-electron chi connectivity index (χ2n) is 4.42. The Morgan fingerprint density at radius 1 is 1.37 bits per heavy atom. The normalized spacial score (nSPS) is 11.9. The van der Waals surface area contributed by atoms with Crippen molar-refractivity contribution in [3.05, 3.63) is 51.7 Å². The summed E-state index contributed by atoms with van der Waals surface area (Å²) in [6.45, 7) is 3.99. The van der Waals surface area contributed by atoms with Gasteiger partial charge in [0.2, 0.25) is 0 Å². The van der Waals surface area contributed by atoms with Crippen LogP contribution < -0.4 is 10.1 Å². The quantitative estimate of drug-likeness (QED) is 0.926. The maximum Gasteiger partial charge on any atom is 0.261 e. The highest BCUT2D eigenvalue weighted by Gasteiger charge is 2.15. The Balaban J connectivity index is 2.18. The molecule has 1 unspecified atom stereocenters. The number of benzene rings is 1. The van der Waals surface area contributed by atoms with Gasteiger partial charge in [-0.2, -0.15) is 0 Å². The largest absolute Gasteiger partial charge is 0.496 e. The van der Waals surface area contributed by atoms with E-state index in [0.29, 0.717) is 0 Å². The van der Waals surface area contributed by atoms with Crippen LogP contribution in [0.15, 0.2) is 35.7 Å². The molecule has 1 heterocycles. The monoisotopic (exact) mass is 275 g/mol. The minimum Gasteiger partial charge on any atom is -0.496 e. The molecule has 0 aliphatic heterocycles. The van der Waals surface area contributed by atoms with Crippen molar-refractivity contribution < 1.29 is 9.53 Å². The standard InChI is InChI=1S/C15H17NO2S/c1-10-6-7-13(18-3)12(9-10)11(2)16-15(17)14-5-4-8-19-14/h4-9,11H,1-3H3,(H,16,17). The predicted molar refractivity (Wildman–Crippen MR) is 77.9 cm³/mol. The van der Waals surface area contributed by atoms with Gasteiger partial charge in [0.25, 0.3) is 5.91 Å². The zero-order valence-electron chi connectivity index (χ0n) is 11.3. The van der Waals surface area contributed by atoms with Crippen molar-refractivity contribution in [2.24, 2.45) is 0 Å². The lowest BCUT2D eigenvalue weighted by molar-refractivity contribution is 0.0943. The summed E-state index contributed by atoms with van der Waals surface area (Å²) in [4.78, 5) is 12.8. The van der Waals surface area contributed by atoms with Gasteiger partial charge in [0.05, 0.1) is 18.0 Å². The molecular formula is C15H17NO2S. The Labute approximate surface area is 117 Å². The van der Waals surface area contributed by atoms with Crippen LogP contribution in [-0.4, -0.2) is 13.0 Å². The van der Waals surface area contributed by atoms with Crippen LogP contribution in [0.2, 0.25) is 0 Å². The average Bonchev–Trinajstić information content (AvgIpc) is 2.92. The lowest BCUT2D eigenvalue weighted by Crippen LogP contribution is -2.26. The van der Waals surface area contributed by atoms with Crippen molar-refractivity contribution in [3.63, 3.8) is 0 Å². The lowest BCUT2D eigenvalue weighted by atomic mass is 10.0. The molecular weight excluding hydrogens is 258 g/mol. The number of thiophene rings is 1. The van der Waals surface area contributed by atoms with Gasteiger partial charge in [-0.05, 0) is 31.4 Å². The Hall–Kier alpha value is -1.81. The number of amides is 1. The number of ether oxygens (including phenoxy) is 1. The van der Waals surface area contributed by atoms with Crippen LogP contribution in [0.5, 0.6) is 5.75 Å². The number of methoxy groups -OCH3 is 1. The number of carbonyl (C=O) groups is 1. The van der Waals surface area contributed by atoms with Gasteiger partial charge in [0.15, 0.2) is 0 Å². The fourth-order valence-electron chi connectivity index (χ4n) is 1.95. The Kier molecular flexibility index (Phi) is 4.22. The van der Waals surface area contributed by atoms with Gasteiger partial charge in [-0.3, -0.25) is 4.79 Å². The van der Waals surface area contributed by atoms with E-state index < -0.39 is 0 Å². The highest BCUT2D eigenvalue weighted by molar-refractivity contribution is 7.12. The maximum absolute atomic E-state index is 12.0. The molecule has 2 rings (SSSR count). The van der Waals surface area contributed by atoms with E-state index in [2.05, 4.69) is 5.32 Å². The molecule has 4 heteroatoms. The SMILES string of the molecule is COc1ccc(C)cc1C(C)NC(=O)c1cccs1. The van der Waals surface area contributed by atoms with Crippen LogP contribution in [0.25, 0.3) is 0 Å². The third-order valence-corrected chi connectivity index (χ3v) is 3.81. The molecule has 0 radical (unpaired) electrons. The first-order valence-electron chi connectivity index (χ1n) is 6.10. The number of rotatable bonds is 4. The smallest absolute Gasteiger partial charge is 0.261 e. The second kappa shape index (κ2) is 5.89. The Morgan fingerprint density at radius 3 is 2.79 bits per heavy atom. The third kappa shape index (κ3) is 3.15. The van der Waals surface area contributed by atoms with Gasteiger partial charge < -0.3 is 10.1 Å². The Bertz CT molecular complexity index is 564. The molecule has 0 saturated carbocycles. The van der Waals surface area contributed by atoms with Gasteiger partial charge >= 0.3 is 0 Å². The van der Waals surface area contributed by atoms with E-state index in [1.807, 2.05) is 49.6 Å². The number of aryl methyl sites for hydroxylation is 1. The summed E-state index contributed by atoms with van der Waals surface area (Å²) in [7, 11) is 1.64. The zero-order valence-corrected chi connectivity index (χ0v) is 12.1. The molecule has 1 atom stereocenters. The number of carbonyl (C=O) groups excluding carboxylic acids is 1. The van der Waals surface area contributed by atoms with E-state index in [1.54, 1.807) is 7.11 Å². The second-order valence-corrected chi connectivity index (χ2v) is 5.37. The van der Waals surface area contributed by atoms with Crippen molar-refractivity contribution in [2.45, 2.75) is 19.9 Å². The molecule has 1 N–H and O–H groups in total. The third-order valence-electron chi connectivity index (χ3n) is 2.94. The summed E-state index contributed by atoms with van der Waals surface area (Å²) in [5, 5.41) is 4.89. The van der Waals surface area contributed by atoms with Gasteiger partial charge in [0, 0.05) is 5.56 Å².